The fourth-order valence-electron chi connectivity index (χ4n) is 7.34. The molecule has 1 aromatic rings. The molecule has 6 rings (SSSR count). The van der Waals surface area contributed by atoms with E-state index in [1.807, 2.05) is 18.2 Å². The number of aliphatic hydroxyl groups excluding tert-OH is 1. The Balaban J connectivity index is 1.44. The van der Waals surface area contributed by atoms with Crippen LogP contribution in [-0.2, 0) is 24.8 Å². The number of nitrogens with one attached hydrogen (secondary N) is 2. The molecule has 9 nitrogen and oxygen atoms in total. The second kappa shape index (κ2) is 11.1. The Hall–Kier alpha value is -2.78. The van der Waals surface area contributed by atoms with Crippen LogP contribution in [0.3, 0.4) is 0 Å². The summed E-state index contributed by atoms with van der Waals surface area (Å²) in [6.07, 6.45) is 7.20. The first kappa shape index (κ1) is 26.8. The van der Waals surface area contributed by atoms with Crippen LogP contribution in [0.1, 0.15) is 69.8 Å². The number of Topliss-reactive ketones (excluding diaryl/α,β-unsaturated/α-hetero) is 1. The van der Waals surface area contributed by atoms with Gasteiger partial charge in [-0.2, -0.15) is 0 Å². The van der Waals surface area contributed by atoms with Crippen LogP contribution in [0.2, 0.25) is 0 Å². The second-order valence-electron chi connectivity index (χ2n) is 11.5. The van der Waals surface area contributed by atoms with E-state index in [2.05, 4.69) is 10.6 Å². The van der Waals surface area contributed by atoms with E-state index in [-0.39, 0.29) is 30.2 Å². The molecule has 3 aliphatic heterocycles. The number of aliphatic hydroxyl groups is 2. The largest absolute Gasteiger partial charge is 0.389 e. The van der Waals surface area contributed by atoms with Gasteiger partial charge in [0.05, 0.1) is 6.04 Å². The molecule has 4 N–H and O–H groups in total. The van der Waals surface area contributed by atoms with Gasteiger partial charge in [0.15, 0.2) is 11.4 Å². The van der Waals surface area contributed by atoms with Crippen molar-refractivity contribution < 1.29 is 29.4 Å². The summed E-state index contributed by atoms with van der Waals surface area (Å²) in [6, 6.07) is 7.09. The molecule has 5 aliphatic rings. The number of carbonyl (C=O) groups is 4. The van der Waals surface area contributed by atoms with E-state index in [4.69, 9.17) is 0 Å². The summed E-state index contributed by atoms with van der Waals surface area (Å²) in [5.41, 5.74) is -1.17. The van der Waals surface area contributed by atoms with Crippen molar-refractivity contribution in [2.75, 3.05) is 13.2 Å². The molecule has 0 radical (unpaired) electrons. The van der Waals surface area contributed by atoms with Crippen molar-refractivity contribution in [1.29, 1.82) is 0 Å². The van der Waals surface area contributed by atoms with Crippen molar-refractivity contribution >= 4 is 23.5 Å². The van der Waals surface area contributed by atoms with Gasteiger partial charge in [-0.05, 0) is 62.8 Å². The number of hydrogen-bond acceptors (Lipinski definition) is 6. The average molecular weight is 526 g/mol. The molecule has 2 aliphatic carbocycles. The van der Waals surface area contributed by atoms with E-state index in [0.717, 1.165) is 51.4 Å². The van der Waals surface area contributed by atoms with Crippen LogP contribution in [0, 0.1) is 17.8 Å². The van der Waals surface area contributed by atoms with Crippen LogP contribution in [0.4, 0.5) is 0 Å². The number of fused-ring (bicyclic) bond motifs is 3. The molecule has 1 aromatic carbocycles. The van der Waals surface area contributed by atoms with E-state index >= 15 is 0 Å². The van der Waals surface area contributed by atoms with Gasteiger partial charge in [0.25, 0.3) is 5.91 Å². The number of nitrogens with zero attached hydrogens (tertiary/aromatic N) is 1. The predicted octanol–water partition coefficient (Wildman–Crippen LogP) is 1.41. The third-order valence-corrected chi connectivity index (χ3v) is 9.41. The van der Waals surface area contributed by atoms with Gasteiger partial charge < -0.3 is 25.7 Å². The van der Waals surface area contributed by atoms with Gasteiger partial charge in [-0.25, -0.2) is 0 Å². The fraction of sp³-hybridized carbons (Fsp3) is 0.655. The maximum atomic E-state index is 14.4. The highest BCUT2D eigenvalue weighted by Gasteiger charge is 2.55. The van der Waals surface area contributed by atoms with Gasteiger partial charge in [0.1, 0.15) is 12.6 Å². The monoisotopic (exact) mass is 525 g/mol. The maximum absolute atomic E-state index is 14.4. The first-order chi connectivity index (χ1) is 18.3. The summed E-state index contributed by atoms with van der Waals surface area (Å²) in [5, 5.41) is 27.3. The standard InChI is InChI=1S/C29H39N3O6/c33-17-24(34)23(16-19-14-15-30-26(19)35)31-27(36)25-18-10-12-22(13-11-18)32(25)28(37)29(38,21-8-4-5-9-21)20-6-2-1-3-7-20/h1-3,6-7,18-19,21-23,25,33,38H,4-5,8-17H2,(H,30,35)(H,31,36)/t18?,19-,22?,23-,25+,29?/m0/s1. The van der Waals surface area contributed by atoms with Crippen LogP contribution < -0.4 is 10.6 Å². The third-order valence-electron chi connectivity index (χ3n) is 9.41. The normalized spacial score (nSPS) is 29.5. The van der Waals surface area contributed by atoms with Crippen LogP contribution in [0.25, 0.3) is 0 Å². The van der Waals surface area contributed by atoms with E-state index in [0.29, 0.717) is 18.5 Å². The zero-order chi connectivity index (χ0) is 26.9. The average Bonchev–Trinajstić information content (AvgIpc) is 3.64. The first-order valence-electron chi connectivity index (χ1n) is 14.2. The van der Waals surface area contributed by atoms with Crippen molar-refractivity contribution in [3.63, 3.8) is 0 Å². The summed E-state index contributed by atoms with van der Waals surface area (Å²) < 4.78 is 0. The minimum Gasteiger partial charge on any atom is -0.389 e. The van der Waals surface area contributed by atoms with E-state index in [1.54, 1.807) is 17.0 Å². The Morgan fingerprint density at radius 2 is 1.71 bits per heavy atom. The topological polar surface area (TPSA) is 136 Å². The maximum Gasteiger partial charge on any atom is 0.260 e. The molecule has 38 heavy (non-hydrogen) atoms. The number of benzene rings is 1. The lowest BCUT2D eigenvalue weighted by Crippen LogP contribution is -2.67. The minimum atomic E-state index is -1.73. The molecule has 2 saturated carbocycles. The molecule has 0 aromatic heterocycles. The van der Waals surface area contributed by atoms with Crippen LogP contribution in [0.15, 0.2) is 30.3 Å². The lowest BCUT2D eigenvalue weighted by atomic mass is 9.71. The molecule has 2 bridgehead atoms. The molecule has 206 valence electrons. The molecule has 3 heterocycles. The summed E-state index contributed by atoms with van der Waals surface area (Å²) in [6.45, 7) is -0.223. The van der Waals surface area contributed by atoms with Crippen LogP contribution in [0.5, 0.6) is 0 Å². The summed E-state index contributed by atoms with van der Waals surface area (Å²) in [7, 11) is 0. The Kier molecular flexibility index (Phi) is 7.86. The Morgan fingerprint density at radius 1 is 1.03 bits per heavy atom. The highest BCUT2D eigenvalue weighted by Crippen LogP contribution is 2.46. The summed E-state index contributed by atoms with van der Waals surface area (Å²) >= 11 is 0. The SMILES string of the molecule is O=C1NCC[C@H]1C[C@H](NC(=O)[C@H]1C2CCC(CC2)N1C(=O)C(O)(c1ccccc1)C1CCCC1)C(=O)CO. The highest BCUT2D eigenvalue weighted by atomic mass is 16.3. The van der Waals surface area contributed by atoms with Crippen molar-refractivity contribution in [2.45, 2.75) is 87.9 Å². The lowest BCUT2D eigenvalue weighted by molar-refractivity contribution is -0.176. The molecule has 5 fully saturated rings. The van der Waals surface area contributed by atoms with Gasteiger partial charge in [-0.3, -0.25) is 19.2 Å². The fourth-order valence-corrected chi connectivity index (χ4v) is 7.34. The lowest BCUT2D eigenvalue weighted by Gasteiger charge is -2.53. The van der Waals surface area contributed by atoms with Gasteiger partial charge in [0.2, 0.25) is 11.8 Å². The van der Waals surface area contributed by atoms with E-state index in [9.17, 15) is 29.4 Å². The smallest absolute Gasteiger partial charge is 0.260 e. The number of rotatable bonds is 9. The molecular formula is C29H39N3O6. The first-order valence-corrected chi connectivity index (χ1v) is 14.2. The summed E-state index contributed by atoms with van der Waals surface area (Å²) in [4.78, 5) is 54.7. The van der Waals surface area contributed by atoms with Crippen molar-refractivity contribution in [2.24, 2.45) is 17.8 Å². The Morgan fingerprint density at radius 3 is 2.32 bits per heavy atom. The zero-order valence-electron chi connectivity index (χ0n) is 21.8. The van der Waals surface area contributed by atoms with Gasteiger partial charge in [-0.15, -0.1) is 0 Å². The van der Waals surface area contributed by atoms with E-state index < -0.39 is 47.8 Å². The number of piperidine rings is 2. The van der Waals surface area contributed by atoms with E-state index in [1.165, 1.54) is 0 Å². The van der Waals surface area contributed by atoms with Gasteiger partial charge in [-0.1, -0.05) is 43.2 Å². The molecule has 0 spiro atoms. The molecule has 3 saturated heterocycles. The molecule has 3 amide bonds. The molecular weight excluding hydrogens is 486 g/mol. The molecule has 9 heteroatoms. The van der Waals surface area contributed by atoms with Crippen molar-refractivity contribution in [3.05, 3.63) is 35.9 Å². The molecule has 4 atom stereocenters. The van der Waals surface area contributed by atoms with Crippen molar-refractivity contribution in [3.8, 4) is 0 Å². The Bertz CT molecular complexity index is 1050. The Labute approximate surface area is 223 Å². The number of carbonyl (C=O) groups excluding carboxylic acids is 4. The molecule has 1 unspecified atom stereocenters. The van der Waals surface area contributed by atoms with Crippen molar-refractivity contribution in [1.82, 2.24) is 15.5 Å². The number of hydrogen-bond donors (Lipinski definition) is 4. The second-order valence-corrected chi connectivity index (χ2v) is 11.5. The minimum absolute atomic E-state index is 0.0767. The van der Waals surface area contributed by atoms with Gasteiger partial charge >= 0.3 is 0 Å². The predicted molar refractivity (Wildman–Crippen MR) is 138 cm³/mol. The number of ketones is 1. The van der Waals surface area contributed by atoms with Crippen LogP contribution >= 0.6 is 0 Å². The third kappa shape index (κ3) is 4.86. The van der Waals surface area contributed by atoms with Gasteiger partial charge in [0, 0.05) is 24.4 Å². The number of amides is 3. The van der Waals surface area contributed by atoms with Crippen LogP contribution in [-0.4, -0.2) is 69.9 Å². The highest BCUT2D eigenvalue weighted by molar-refractivity contribution is 5.96. The summed E-state index contributed by atoms with van der Waals surface area (Å²) in [5.74, 6) is -2.30. The zero-order valence-corrected chi connectivity index (χ0v) is 21.8. The quantitative estimate of drug-likeness (QED) is 0.385.